The average Bonchev–Trinajstić information content (AvgIpc) is 3.06. The Bertz CT molecular complexity index is 740. The lowest BCUT2D eigenvalue weighted by Crippen LogP contribution is -2.22. The molecule has 0 saturated carbocycles. The molecule has 2 aromatic heterocycles. The highest BCUT2D eigenvalue weighted by atomic mass is 16.5. The van der Waals surface area contributed by atoms with Gasteiger partial charge in [0.1, 0.15) is 0 Å². The normalized spacial score (nSPS) is 14.1. The molecule has 1 aliphatic heterocycles. The molecule has 0 amide bonds. The molecule has 3 rings (SSSR count). The Kier molecular flexibility index (Phi) is 4.35. The SMILES string of the molecule is CCNc1nc(Oc2ccc(=O)n(C)n2)nc(N2CCCC2)n1. The highest BCUT2D eigenvalue weighted by molar-refractivity contribution is 5.39. The number of hydrogen-bond donors (Lipinski definition) is 1. The molecule has 1 fully saturated rings. The largest absolute Gasteiger partial charge is 0.403 e. The van der Waals surface area contributed by atoms with Gasteiger partial charge in [0.05, 0.1) is 0 Å². The van der Waals surface area contributed by atoms with Gasteiger partial charge in [-0.05, 0) is 19.8 Å². The number of anilines is 2. The lowest BCUT2D eigenvalue weighted by atomic mass is 10.4. The number of nitrogens with one attached hydrogen (secondary N) is 1. The number of aryl methyl sites for hydroxylation is 1. The van der Waals surface area contributed by atoms with Crippen molar-refractivity contribution in [2.45, 2.75) is 19.8 Å². The summed E-state index contributed by atoms with van der Waals surface area (Å²) >= 11 is 0. The summed E-state index contributed by atoms with van der Waals surface area (Å²) in [6.45, 7) is 4.51. The van der Waals surface area contributed by atoms with Crippen molar-refractivity contribution in [3.05, 3.63) is 22.5 Å². The Hall–Kier alpha value is -2.71. The topological polar surface area (TPSA) is 98.1 Å². The molecular weight excluding hydrogens is 298 g/mol. The second-order valence-electron chi connectivity index (χ2n) is 5.20. The van der Waals surface area contributed by atoms with Crippen molar-refractivity contribution in [2.24, 2.45) is 7.05 Å². The van der Waals surface area contributed by atoms with E-state index in [4.69, 9.17) is 4.74 Å². The van der Waals surface area contributed by atoms with Crippen molar-refractivity contribution in [3.63, 3.8) is 0 Å². The van der Waals surface area contributed by atoms with Gasteiger partial charge in [0, 0.05) is 38.8 Å². The Morgan fingerprint density at radius 1 is 1.22 bits per heavy atom. The van der Waals surface area contributed by atoms with Gasteiger partial charge in [-0.2, -0.15) is 15.0 Å². The van der Waals surface area contributed by atoms with Crippen LogP contribution < -0.4 is 20.5 Å². The van der Waals surface area contributed by atoms with Gasteiger partial charge in [-0.25, -0.2) is 4.68 Å². The van der Waals surface area contributed by atoms with E-state index in [1.807, 2.05) is 6.92 Å². The second kappa shape index (κ2) is 6.59. The minimum atomic E-state index is -0.209. The third-order valence-electron chi connectivity index (χ3n) is 3.46. The van der Waals surface area contributed by atoms with Crippen molar-refractivity contribution in [1.82, 2.24) is 24.7 Å². The fraction of sp³-hybridized carbons (Fsp3) is 0.500. The Morgan fingerprint density at radius 2 is 2.00 bits per heavy atom. The van der Waals surface area contributed by atoms with Crippen LogP contribution in [0.2, 0.25) is 0 Å². The van der Waals surface area contributed by atoms with Crippen LogP contribution in [0.25, 0.3) is 0 Å². The molecule has 1 aliphatic rings. The molecule has 0 unspecified atom stereocenters. The maximum absolute atomic E-state index is 11.4. The van der Waals surface area contributed by atoms with Crippen molar-refractivity contribution in [2.75, 3.05) is 29.9 Å². The number of rotatable bonds is 5. The minimum Gasteiger partial charge on any atom is -0.403 e. The van der Waals surface area contributed by atoms with E-state index in [0.29, 0.717) is 18.4 Å². The first kappa shape index (κ1) is 15.2. The summed E-state index contributed by atoms with van der Waals surface area (Å²) < 4.78 is 6.80. The first-order valence-electron chi connectivity index (χ1n) is 7.63. The van der Waals surface area contributed by atoms with E-state index in [-0.39, 0.29) is 17.4 Å². The van der Waals surface area contributed by atoms with Crippen LogP contribution in [0.3, 0.4) is 0 Å². The van der Waals surface area contributed by atoms with Gasteiger partial charge >= 0.3 is 6.01 Å². The van der Waals surface area contributed by atoms with Gasteiger partial charge in [-0.3, -0.25) is 4.79 Å². The number of hydrogen-bond acceptors (Lipinski definition) is 8. The predicted octanol–water partition coefficient (Wildman–Crippen LogP) is 0.790. The zero-order valence-corrected chi connectivity index (χ0v) is 13.2. The molecule has 0 atom stereocenters. The number of nitrogens with zero attached hydrogens (tertiary/aromatic N) is 6. The third kappa shape index (κ3) is 3.55. The first-order chi connectivity index (χ1) is 11.2. The predicted molar refractivity (Wildman–Crippen MR) is 85.0 cm³/mol. The van der Waals surface area contributed by atoms with Gasteiger partial charge < -0.3 is 15.0 Å². The minimum absolute atomic E-state index is 0.156. The molecule has 23 heavy (non-hydrogen) atoms. The monoisotopic (exact) mass is 317 g/mol. The van der Waals surface area contributed by atoms with Crippen LogP contribution >= 0.6 is 0 Å². The van der Waals surface area contributed by atoms with Crippen molar-refractivity contribution < 1.29 is 4.74 Å². The quantitative estimate of drug-likeness (QED) is 0.864. The highest BCUT2D eigenvalue weighted by Crippen LogP contribution is 2.21. The summed E-state index contributed by atoms with van der Waals surface area (Å²) in [4.78, 5) is 26.5. The van der Waals surface area contributed by atoms with Crippen LogP contribution in [0.4, 0.5) is 11.9 Å². The van der Waals surface area contributed by atoms with Crippen molar-refractivity contribution >= 4 is 11.9 Å². The maximum Gasteiger partial charge on any atom is 0.330 e. The van der Waals surface area contributed by atoms with Crippen LogP contribution in [0.15, 0.2) is 16.9 Å². The van der Waals surface area contributed by atoms with Gasteiger partial charge in [-0.1, -0.05) is 0 Å². The molecule has 0 spiro atoms. The van der Waals surface area contributed by atoms with Crippen molar-refractivity contribution in [1.29, 1.82) is 0 Å². The van der Waals surface area contributed by atoms with E-state index in [2.05, 4.69) is 30.3 Å². The molecule has 122 valence electrons. The molecule has 0 bridgehead atoms. The number of ether oxygens (including phenoxy) is 1. The third-order valence-corrected chi connectivity index (χ3v) is 3.46. The van der Waals surface area contributed by atoms with Crippen LogP contribution in [-0.4, -0.2) is 44.4 Å². The lowest BCUT2D eigenvalue weighted by Gasteiger charge is -2.16. The standard InChI is InChI=1S/C14H19N7O2/c1-3-15-12-16-13(21-8-4-5-9-21)18-14(17-12)23-10-6-7-11(22)20(2)19-10/h6-7H,3-5,8-9H2,1-2H3,(H,15,16,17,18). The highest BCUT2D eigenvalue weighted by Gasteiger charge is 2.18. The molecule has 0 aliphatic carbocycles. The van der Waals surface area contributed by atoms with Gasteiger partial charge in [0.25, 0.3) is 5.56 Å². The fourth-order valence-corrected chi connectivity index (χ4v) is 2.32. The number of aromatic nitrogens is 5. The van der Waals surface area contributed by atoms with Crippen molar-refractivity contribution in [3.8, 4) is 11.9 Å². The Labute approximate surface area is 133 Å². The fourth-order valence-electron chi connectivity index (χ4n) is 2.32. The molecule has 1 N–H and O–H groups in total. The van der Waals surface area contributed by atoms with Crippen LogP contribution in [0, 0.1) is 0 Å². The van der Waals surface area contributed by atoms with Crippen LogP contribution in [-0.2, 0) is 7.05 Å². The van der Waals surface area contributed by atoms with Gasteiger partial charge in [0.2, 0.25) is 17.8 Å². The molecule has 0 aromatic carbocycles. The molecule has 9 heteroatoms. The molecule has 3 heterocycles. The first-order valence-corrected chi connectivity index (χ1v) is 7.63. The second-order valence-corrected chi connectivity index (χ2v) is 5.20. The molecule has 1 saturated heterocycles. The molecule has 0 radical (unpaired) electrons. The summed E-state index contributed by atoms with van der Waals surface area (Å²) in [5, 5.41) is 7.09. The zero-order valence-electron chi connectivity index (χ0n) is 13.2. The smallest absolute Gasteiger partial charge is 0.330 e. The summed E-state index contributed by atoms with van der Waals surface area (Å²) in [6.07, 6.45) is 2.25. The summed E-state index contributed by atoms with van der Waals surface area (Å²) in [7, 11) is 1.56. The molecular formula is C14H19N7O2. The Morgan fingerprint density at radius 3 is 2.70 bits per heavy atom. The molecule has 9 nitrogen and oxygen atoms in total. The Balaban J connectivity index is 1.89. The van der Waals surface area contributed by atoms with Gasteiger partial charge in [0.15, 0.2) is 0 Å². The molecule has 2 aromatic rings. The average molecular weight is 317 g/mol. The van der Waals surface area contributed by atoms with E-state index in [1.54, 1.807) is 7.05 Å². The van der Waals surface area contributed by atoms with E-state index >= 15 is 0 Å². The van der Waals surface area contributed by atoms with E-state index in [1.165, 1.54) is 16.8 Å². The summed E-state index contributed by atoms with van der Waals surface area (Å²) in [6, 6.07) is 3.04. The van der Waals surface area contributed by atoms with E-state index in [0.717, 1.165) is 25.9 Å². The maximum atomic E-state index is 11.4. The van der Waals surface area contributed by atoms with E-state index < -0.39 is 0 Å². The summed E-state index contributed by atoms with van der Waals surface area (Å²) in [5.74, 6) is 1.31. The van der Waals surface area contributed by atoms with Gasteiger partial charge in [-0.15, -0.1) is 5.10 Å². The van der Waals surface area contributed by atoms with Crippen LogP contribution in [0.5, 0.6) is 11.9 Å². The van der Waals surface area contributed by atoms with E-state index in [9.17, 15) is 4.79 Å². The zero-order chi connectivity index (χ0) is 16.2. The van der Waals surface area contributed by atoms with Crippen LogP contribution in [0.1, 0.15) is 19.8 Å². The summed E-state index contributed by atoms with van der Waals surface area (Å²) in [5.41, 5.74) is -0.209. The lowest BCUT2D eigenvalue weighted by molar-refractivity contribution is 0.406.